The van der Waals surface area contributed by atoms with E-state index in [1.54, 1.807) is 0 Å². The van der Waals surface area contributed by atoms with Crippen molar-refractivity contribution < 1.29 is 10.2 Å². The molecule has 30 heavy (non-hydrogen) atoms. The average molecular weight is 395 g/mol. The summed E-state index contributed by atoms with van der Waals surface area (Å²) in [6.45, 7) is 2.12. The Kier molecular flexibility index (Phi) is 5.85. The van der Waals surface area contributed by atoms with Crippen LogP contribution in [0.2, 0.25) is 0 Å². The number of aromatic hydroxyl groups is 2. The molecular weight excluding hydrogens is 368 g/mol. The fourth-order valence-corrected chi connectivity index (χ4v) is 4.06. The van der Waals surface area contributed by atoms with Crippen LogP contribution in [0.25, 0.3) is 22.3 Å². The Morgan fingerprint density at radius 1 is 0.567 bits per heavy atom. The molecule has 0 aliphatic rings. The fraction of sp³-hybridized carbons (Fsp3) is 0.143. The molecule has 0 bridgehead atoms. The molecule has 0 fully saturated rings. The number of phenolic OH excluding ortho intramolecular Hbond substituents is 2. The molecule has 4 aromatic carbocycles. The second kappa shape index (κ2) is 8.87. The van der Waals surface area contributed by atoms with Crippen molar-refractivity contribution in [1.29, 1.82) is 0 Å². The van der Waals surface area contributed by atoms with Gasteiger partial charge in [-0.05, 0) is 40.8 Å². The Balaban J connectivity index is 1.71. The maximum absolute atomic E-state index is 10.9. The fourth-order valence-electron chi connectivity index (χ4n) is 4.06. The first-order valence-corrected chi connectivity index (χ1v) is 10.4. The Bertz CT molecular complexity index is 1030. The van der Waals surface area contributed by atoms with E-state index in [-0.39, 0.29) is 17.4 Å². The van der Waals surface area contributed by atoms with Crippen LogP contribution < -0.4 is 0 Å². The number of rotatable bonds is 6. The number of hydrogen-bond donors (Lipinski definition) is 2. The second-order valence-corrected chi connectivity index (χ2v) is 7.62. The van der Waals surface area contributed by atoms with E-state index in [0.29, 0.717) is 0 Å². The molecule has 4 aromatic rings. The molecule has 2 heteroatoms. The van der Waals surface area contributed by atoms with E-state index in [1.807, 2.05) is 97.1 Å². The maximum atomic E-state index is 10.9. The monoisotopic (exact) mass is 394 g/mol. The van der Waals surface area contributed by atoms with E-state index in [1.165, 1.54) is 0 Å². The third kappa shape index (κ3) is 4.08. The van der Waals surface area contributed by atoms with Crippen molar-refractivity contribution in [1.82, 2.24) is 0 Å². The minimum Gasteiger partial charge on any atom is -0.508 e. The molecule has 0 saturated heterocycles. The smallest absolute Gasteiger partial charge is 0.120 e. The Morgan fingerprint density at radius 2 is 1.00 bits per heavy atom. The molecule has 4 rings (SSSR count). The lowest BCUT2D eigenvalue weighted by Crippen LogP contribution is -2.02. The van der Waals surface area contributed by atoms with Crippen molar-refractivity contribution in [3.63, 3.8) is 0 Å². The largest absolute Gasteiger partial charge is 0.508 e. The lowest BCUT2D eigenvalue weighted by molar-refractivity contribution is 0.451. The van der Waals surface area contributed by atoms with Crippen LogP contribution in [0.15, 0.2) is 97.1 Å². The van der Waals surface area contributed by atoms with Crippen LogP contribution >= 0.6 is 0 Å². The van der Waals surface area contributed by atoms with E-state index in [4.69, 9.17) is 0 Å². The van der Waals surface area contributed by atoms with Gasteiger partial charge in [-0.25, -0.2) is 0 Å². The lowest BCUT2D eigenvalue weighted by atomic mass is 9.85. The minimum absolute atomic E-state index is 0.0651. The van der Waals surface area contributed by atoms with Gasteiger partial charge in [-0.15, -0.1) is 0 Å². The standard InChI is InChI=1S/C28H26O2/c1-2-9-24(25-16-14-22(18-27(25)29)20-10-5-3-6-11-20)26-17-15-23(19-28(26)30)21-12-7-4-8-13-21/h3-8,10-19,24,29-30H,2,9H2,1H3. The normalized spacial score (nSPS) is 11.0. The van der Waals surface area contributed by atoms with Gasteiger partial charge in [0.15, 0.2) is 0 Å². The van der Waals surface area contributed by atoms with Crippen molar-refractivity contribution >= 4 is 0 Å². The van der Waals surface area contributed by atoms with Gasteiger partial charge in [-0.2, -0.15) is 0 Å². The van der Waals surface area contributed by atoms with Gasteiger partial charge in [-0.1, -0.05) is 98.3 Å². The van der Waals surface area contributed by atoms with Gasteiger partial charge in [0.2, 0.25) is 0 Å². The van der Waals surface area contributed by atoms with Crippen molar-refractivity contribution in [2.24, 2.45) is 0 Å². The Hall–Kier alpha value is -3.52. The molecule has 0 aromatic heterocycles. The van der Waals surface area contributed by atoms with Gasteiger partial charge in [0.1, 0.15) is 11.5 Å². The maximum Gasteiger partial charge on any atom is 0.120 e. The SMILES string of the molecule is CCCC(c1ccc(-c2ccccc2)cc1O)c1ccc(-c2ccccc2)cc1O. The molecule has 0 aliphatic heterocycles. The molecular formula is C28H26O2. The minimum atomic E-state index is -0.0651. The van der Waals surface area contributed by atoms with Crippen LogP contribution in [0.5, 0.6) is 11.5 Å². The predicted molar refractivity (Wildman–Crippen MR) is 124 cm³/mol. The summed E-state index contributed by atoms with van der Waals surface area (Å²) in [5.41, 5.74) is 5.80. The Labute approximate surface area is 178 Å². The molecule has 0 aliphatic carbocycles. The summed E-state index contributed by atoms with van der Waals surface area (Å²) in [6, 6.07) is 31.8. The van der Waals surface area contributed by atoms with Gasteiger partial charge in [0.05, 0.1) is 0 Å². The zero-order valence-electron chi connectivity index (χ0n) is 17.1. The summed E-state index contributed by atoms with van der Waals surface area (Å²) >= 11 is 0. The van der Waals surface area contributed by atoms with Crippen LogP contribution in [0.4, 0.5) is 0 Å². The van der Waals surface area contributed by atoms with Crippen molar-refractivity contribution in [2.75, 3.05) is 0 Å². The highest BCUT2D eigenvalue weighted by atomic mass is 16.3. The van der Waals surface area contributed by atoms with E-state index in [0.717, 1.165) is 46.2 Å². The number of benzene rings is 4. The average Bonchev–Trinajstić information content (AvgIpc) is 2.79. The van der Waals surface area contributed by atoms with Gasteiger partial charge < -0.3 is 10.2 Å². The summed E-state index contributed by atoms with van der Waals surface area (Å²) in [4.78, 5) is 0. The second-order valence-electron chi connectivity index (χ2n) is 7.62. The highest BCUT2D eigenvalue weighted by molar-refractivity contribution is 5.68. The first-order valence-electron chi connectivity index (χ1n) is 10.4. The topological polar surface area (TPSA) is 40.5 Å². The summed E-state index contributed by atoms with van der Waals surface area (Å²) in [5, 5.41) is 21.7. The quantitative estimate of drug-likeness (QED) is 0.358. The third-order valence-corrected chi connectivity index (χ3v) is 5.60. The summed E-state index contributed by atoms with van der Waals surface area (Å²) in [6.07, 6.45) is 1.79. The molecule has 0 heterocycles. The van der Waals surface area contributed by atoms with Crippen molar-refractivity contribution in [2.45, 2.75) is 25.7 Å². The summed E-state index contributed by atoms with van der Waals surface area (Å²) in [7, 11) is 0. The van der Waals surface area contributed by atoms with Crippen molar-refractivity contribution in [3.05, 3.63) is 108 Å². The molecule has 0 radical (unpaired) electrons. The Morgan fingerprint density at radius 3 is 1.37 bits per heavy atom. The van der Waals surface area contributed by atoms with E-state index in [2.05, 4.69) is 6.92 Å². The van der Waals surface area contributed by atoms with Crippen LogP contribution in [0, 0.1) is 0 Å². The third-order valence-electron chi connectivity index (χ3n) is 5.60. The number of phenols is 2. The van der Waals surface area contributed by atoms with Gasteiger partial charge >= 0.3 is 0 Å². The van der Waals surface area contributed by atoms with E-state index in [9.17, 15) is 10.2 Å². The molecule has 2 nitrogen and oxygen atoms in total. The highest BCUT2D eigenvalue weighted by Gasteiger charge is 2.21. The lowest BCUT2D eigenvalue weighted by Gasteiger charge is -2.21. The van der Waals surface area contributed by atoms with Gasteiger partial charge in [-0.3, -0.25) is 0 Å². The van der Waals surface area contributed by atoms with E-state index < -0.39 is 0 Å². The van der Waals surface area contributed by atoms with Crippen LogP contribution in [0.1, 0.15) is 36.8 Å². The molecule has 0 saturated carbocycles. The first kappa shape index (κ1) is 19.8. The van der Waals surface area contributed by atoms with Crippen LogP contribution in [-0.2, 0) is 0 Å². The molecule has 0 atom stereocenters. The molecule has 2 N–H and O–H groups in total. The molecule has 0 amide bonds. The molecule has 0 unspecified atom stereocenters. The molecule has 0 spiro atoms. The number of hydrogen-bond acceptors (Lipinski definition) is 2. The summed E-state index contributed by atoms with van der Waals surface area (Å²) in [5.74, 6) is 0.465. The highest BCUT2D eigenvalue weighted by Crippen LogP contribution is 2.41. The zero-order valence-corrected chi connectivity index (χ0v) is 17.1. The van der Waals surface area contributed by atoms with Gasteiger partial charge in [0, 0.05) is 17.0 Å². The van der Waals surface area contributed by atoms with Crippen LogP contribution in [0.3, 0.4) is 0 Å². The first-order chi connectivity index (χ1) is 14.7. The summed E-state index contributed by atoms with van der Waals surface area (Å²) < 4.78 is 0. The zero-order chi connectivity index (χ0) is 20.9. The molecule has 150 valence electrons. The van der Waals surface area contributed by atoms with Gasteiger partial charge in [0.25, 0.3) is 0 Å². The van der Waals surface area contributed by atoms with Crippen LogP contribution in [-0.4, -0.2) is 10.2 Å². The predicted octanol–water partition coefficient (Wildman–Crippen LogP) is 7.36. The van der Waals surface area contributed by atoms with E-state index >= 15 is 0 Å². The van der Waals surface area contributed by atoms with Crippen molar-refractivity contribution in [3.8, 4) is 33.8 Å².